The summed E-state index contributed by atoms with van der Waals surface area (Å²) in [5, 5.41) is 0. The third kappa shape index (κ3) is 14.8. The summed E-state index contributed by atoms with van der Waals surface area (Å²) < 4.78 is 418. The van der Waals surface area contributed by atoms with Crippen molar-refractivity contribution in [3.05, 3.63) is 18.2 Å². The molecule has 1 aromatic carbocycles. The zero-order chi connectivity index (χ0) is 51.9. The maximum absolute atomic E-state index is 13.8. The van der Waals surface area contributed by atoms with Crippen LogP contribution in [0.3, 0.4) is 0 Å². The fourth-order valence-electron chi connectivity index (χ4n) is 3.02. The maximum atomic E-state index is 13.8. The first kappa shape index (κ1) is 59.2. The number of hydrogen-bond acceptors (Lipinski definition) is 11. The van der Waals surface area contributed by atoms with Crippen LogP contribution in [0, 0.1) is 0 Å². The summed E-state index contributed by atoms with van der Waals surface area (Å²) in [7, 11) is 2.26. The van der Waals surface area contributed by atoms with Crippen molar-refractivity contribution >= 4 is 5.69 Å². The van der Waals surface area contributed by atoms with E-state index in [0.29, 0.717) is 12.1 Å². The highest BCUT2D eigenvalue weighted by Crippen LogP contribution is 2.54. The van der Waals surface area contributed by atoms with E-state index in [9.17, 15) is 132 Å². The van der Waals surface area contributed by atoms with Gasteiger partial charge in [0, 0.05) is 25.8 Å². The predicted octanol–water partition coefficient (Wildman–Crippen LogP) is 10.7. The second-order valence-corrected chi connectivity index (χ2v) is 11.0. The van der Waals surface area contributed by atoms with Crippen LogP contribution in [0.1, 0.15) is 0 Å². The lowest BCUT2D eigenvalue weighted by Gasteiger charge is -2.34. The van der Waals surface area contributed by atoms with E-state index in [1.807, 2.05) is 0 Å². The fraction of sp³-hybridized carbons (Fsp3) is 0.750. The zero-order valence-corrected chi connectivity index (χ0v) is 29.5. The molecule has 0 saturated heterocycles. The zero-order valence-electron chi connectivity index (χ0n) is 29.5. The first-order valence-electron chi connectivity index (χ1n) is 14.4. The van der Waals surface area contributed by atoms with E-state index >= 15 is 0 Å². The number of nitrogens with zero attached hydrogens (tertiary/aromatic N) is 1. The smallest absolute Gasteiger partial charge is 0.463 e. The van der Waals surface area contributed by atoms with Gasteiger partial charge in [0.05, 0.1) is 0 Å². The molecular weight excluding hydrogens is 1030 g/mol. The molecule has 384 valence electrons. The minimum absolute atomic E-state index is 0.229. The van der Waals surface area contributed by atoms with Crippen LogP contribution in [0.5, 0.6) is 11.5 Å². The molecule has 0 N–H and O–H groups in total. The van der Waals surface area contributed by atoms with Gasteiger partial charge in [-0.3, -0.25) is 9.47 Å². The normalized spacial score (nSPS) is 15.4. The molecule has 0 saturated carbocycles. The molecule has 0 bridgehead atoms. The summed E-state index contributed by atoms with van der Waals surface area (Å²) in [5.74, 6) is -18.0. The molecule has 0 radical (unpaired) electrons. The van der Waals surface area contributed by atoms with Gasteiger partial charge in [-0.25, -0.2) is 28.4 Å². The highest BCUT2D eigenvalue weighted by molar-refractivity contribution is 5.55. The summed E-state index contributed by atoms with van der Waals surface area (Å²) in [6, 6.07) is 1.76. The molecule has 0 aliphatic rings. The Hall–Kier alpha value is -3.80. The summed E-state index contributed by atoms with van der Waals surface area (Å²) >= 11 is 0. The Balaban J connectivity index is 3.10. The Kier molecular flexibility index (Phi) is 16.7. The van der Waals surface area contributed by atoms with Gasteiger partial charge in [-0.1, -0.05) is 0 Å². The van der Waals surface area contributed by atoms with Crippen molar-refractivity contribution in [2.45, 2.75) is 86.0 Å². The number of alkyl halides is 30. The van der Waals surface area contributed by atoms with Gasteiger partial charge >= 0.3 is 86.0 Å². The van der Waals surface area contributed by atoms with E-state index in [2.05, 4.69) is 28.4 Å². The minimum Gasteiger partial charge on any atom is -0.463 e. The molecule has 1 aromatic rings. The van der Waals surface area contributed by atoms with Gasteiger partial charge < -0.3 is 14.4 Å². The number of benzene rings is 1. The molecule has 0 amide bonds. The van der Waals surface area contributed by atoms with Crippen LogP contribution in [-0.2, 0) is 37.9 Å². The standard InChI is InChI=1S/C24H13F30NO10/c1-55(2)8-3-4-9(56-6-58-21(47,48)64-23(51,52)62-19(43,44)17(39,40)60-15(35,36)11(25,26)13(29,30)31)10(5-8)57-7-59-22(49,50)65-24(53,54)63-20(45,46)18(41,42)61-16(37,38)12(27,28)14(32,33)34/h3-5H,6-7H2,1-2H3. The summed E-state index contributed by atoms with van der Waals surface area (Å²) in [4.78, 5) is 1.01. The molecule has 65 heavy (non-hydrogen) atoms. The Bertz CT molecular complexity index is 1730. The van der Waals surface area contributed by atoms with Gasteiger partial charge in [-0.15, -0.1) is 35.1 Å². The molecule has 0 spiro atoms. The van der Waals surface area contributed by atoms with Crippen LogP contribution in [-0.4, -0.2) is 114 Å². The molecule has 41 heteroatoms. The Labute approximate surface area is 334 Å². The van der Waals surface area contributed by atoms with Crippen LogP contribution in [0.15, 0.2) is 18.2 Å². The molecular formula is C24H13F30NO10. The second kappa shape index (κ2) is 18.4. The van der Waals surface area contributed by atoms with E-state index < -0.39 is 111 Å². The summed E-state index contributed by atoms with van der Waals surface area (Å²) in [6.45, 7) is -4.72. The van der Waals surface area contributed by atoms with E-state index in [1.54, 1.807) is 9.47 Å². The van der Waals surface area contributed by atoms with Gasteiger partial charge in [0.15, 0.2) is 25.1 Å². The van der Waals surface area contributed by atoms with Crippen LogP contribution < -0.4 is 14.4 Å². The van der Waals surface area contributed by atoms with Crippen molar-refractivity contribution in [3.63, 3.8) is 0 Å². The highest BCUT2D eigenvalue weighted by atomic mass is 19.4. The van der Waals surface area contributed by atoms with Gasteiger partial charge in [0.1, 0.15) is 0 Å². The van der Waals surface area contributed by atoms with Gasteiger partial charge in [0.25, 0.3) is 0 Å². The second-order valence-electron chi connectivity index (χ2n) is 11.0. The SMILES string of the molecule is CN(C)c1ccc(OCOC(F)(F)OC(F)(F)OC(F)(F)C(F)(F)OC(F)(F)C(F)(F)C(F)(F)F)c(OCOC(F)(F)OC(F)(F)OC(F)(F)C(F)(F)OC(F)(F)C(F)(F)C(F)(F)F)c1. The molecule has 0 atom stereocenters. The fourth-order valence-corrected chi connectivity index (χ4v) is 3.02. The molecule has 0 unspecified atom stereocenters. The molecule has 0 aromatic heterocycles. The number of ether oxygens (including phenoxy) is 10. The van der Waals surface area contributed by atoms with Crippen LogP contribution in [0.4, 0.5) is 137 Å². The largest absolute Gasteiger partial charge is 0.497 e. The van der Waals surface area contributed by atoms with Crippen molar-refractivity contribution in [2.75, 3.05) is 32.6 Å². The summed E-state index contributed by atoms with van der Waals surface area (Å²) in [5.41, 5.74) is -0.229. The molecule has 0 aliphatic carbocycles. The molecule has 0 fully saturated rings. The minimum atomic E-state index is -7.76. The number of halogens is 30. The van der Waals surface area contributed by atoms with Crippen LogP contribution in [0.25, 0.3) is 0 Å². The first-order chi connectivity index (χ1) is 28.2. The quantitative estimate of drug-likeness (QED) is 0.0692. The van der Waals surface area contributed by atoms with E-state index in [4.69, 9.17) is 0 Å². The van der Waals surface area contributed by atoms with E-state index in [1.165, 1.54) is 9.47 Å². The van der Waals surface area contributed by atoms with Crippen LogP contribution in [0.2, 0.25) is 0 Å². The lowest BCUT2D eigenvalue weighted by molar-refractivity contribution is -0.593. The number of rotatable bonds is 25. The van der Waals surface area contributed by atoms with Gasteiger partial charge in [-0.05, 0) is 12.1 Å². The van der Waals surface area contributed by atoms with Crippen molar-refractivity contribution < 1.29 is 179 Å². The van der Waals surface area contributed by atoms with Crippen molar-refractivity contribution in [1.29, 1.82) is 0 Å². The molecule has 0 heterocycles. The average Bonchev–Trinajstić information content (AvgIpc) is 3.00. The van der Waals surface area contributed by atoms with Crippen molar-refractivity contribution in [3.8, 4) is 11.5 Å². The Morgan fingerprint density at radius 3 is 0.938 bits per heavy atom. The predicted molar refractivity (Wildman–Crippen MR) is 132 cm³/mol. The van der Waals surface area contributed by atoms with E-state index in [-0.39, 0.29) is 5.69 Å². The third-order valence-electron chi connectivity index (χ3n) is 5.93. The van der Waals surface area contributed by atoms with Gasteiger partial charge in [-0.2, -0.15) is 96.6 Å². The average molecular weight is 1050 g/mol. The van der Waals surface area contributed by atoms with Crippen LogP contribution >= 0.6 is 0 Å². The molecule has 1 rings (SSSR count). The summed E-state index contributed by atoms with van der Waals surface area (Å²) in [6.07, 6.45) is -87.6. The highest BCUT2D eigenvalue weighted by Gasteiger charge is 2.81. The van der Waals surface area contributed by atoms with Gasteiger partial charge in [0.2, 0.25) is 0 Å². The monoisotopic (exact) mass is 1050 g/mol. The lowest BCUT2D eigenvalue weighted by atomic mass is 10.2. The van der Waals surface area contributed by atoms with E-state index in [0.717, 1.165) is 25.1 Å². The third-order valence-corrected chi connectivity index (χ3v) is 5.93. The number of anilines is 1. The Morgan fingerprint density at radius 2 is 0.646 bits per heavy atom. The number of hydrogen-bond donors (Lipinski definition) is 0. The van der Waals surface area contributed by atoms with Crippen molar-refractivity contribution in [2.24, 2.45) is 0 Å². The molecule has 11 nitrogen and oxygen atoms in total. The Morgan fingerprint density at radius 1 is 0.354 bits per heavy atom. The van der Waals surface area contributed by atoms with Crippen molar-refractivity contribution in [1.82, 2.24) is 0 Å². The topological polar surface area (TPSA) is 95.5 Å². The maximum Gasteiger partial charge on any atom is 0.497 e. The molecule has 0 aliphatic heterocycles. The first-order valence-corrected chi connectivity index (χ1v) is 14.4. The lowest BCUT2D eigenvalue weighted by Crippen LogP contribution is -2.60.